The van der Waals surface area contributed by atoms with Crippen LogP contribution in [-0.2, 0) is 24.0 Å². The van der Waals surface area contributed by atoms with Crippen LogP contribution in [0.1, 0.15) is 20.7 Å². The Balaban J connectivity index is 0.0000106. The minimum atomic E-state index is -1.53. The van der Waals surface area contributed by atoms with Crippen LogP contribution >= 0.6 is 0 Å². The number of pyridine rings is 2. The standard InChI is InChI=1S/C26H33N9O10.Gd/c36-20(29-31-25(44)18-1-5-27-6-2-18)13-34(16-23(40)41)11-9-33(15-22(38)39)10-12-35(17-24(42)43)14-21(37)30-32-26(45)19-3-7-28-8-4-19;/h1-8H,9-17H2,(H,29,36)(H,30,37)(H,31,44)(H,32,45)(H,38,39)(H,40,41)(H,42,43);/q;+3/p-3. The minimum Gasteiger partial charge on any atom is -0.549 e. The molecule has 0 unspecified atom stereocenters. The maximum atomic E-state index is 12.3. The third-order valence-electron chi connectivity index (χ3n) is 5.77. The summed E-state index contributed by atoms with van der Waals surface area (Å²) in [6.45, 7) is -3.74. The van der Waals surface area contributed by atoms with Crippen molar-refractivity contribution >= 4 is 41.5 Å². The third-order valence-corrected chi connectivity index (χ3v) is 5.77. The van der Waals surface area contributed by atoms with Gasteiger partial charge in [-0.15, -0.1) is 0 Å². The van der Waals surface area contributed by atoms with Gasteiger partial charge in [0.25, 0.3) is 23.6 Å². The zero-order valence-electron chi connectivity index (χ0n) is 24.2. The molecule has 0 aliphatic heterocycles. The van der Waals surface area contributed by atoms with Crippen molar-refractivity contribution in [3.8, 4) is 0 Å². The van der Waals surface area contributed by atoms with E-state index in [9.17, 15) is 48.9 Å². The van der Waals surface area contributed by atoms with Crippen molar-refractivity contribution in [1.29, 1.82) is 0 Å². The van der Waals surface area contributed by atoms with Gasteiger partial charge in [-0.05, 0) is 24.3 Å². The molecule has 0 aliphatic rings. The van der Waals surface area contributed by atoms with Gasteiger partial charge < -0.3 is 29.7 Å². The van der Waals surface area contributed by atoms with E-state index in [2.05, 4.69) is 31.7 Å². The van der Waals surface area contributed by atoms with Crippen LogP contribution < -0.4 is 37.0 Å². The van der Waals surface area contributed by atoms with Crippen molar-refractivity contribution in [2.24, 2.45) is 0 Å². The fourth-order valence-corrected chi connectivity index (χ4v) is 3.70. The van der Waals surface area contributed by atoms with Gasteiger partial charge >= 0.3 is 39.9 Å². The summed E-state index contributed by atoms with van der Waals surface area (Å²) < 4.78 is 0. The maximum Gasteiger partial charge on any atom is 3.00 e. The Labute approximate surface area is 294 Å². The predicted octanol–water partition coefficient (Wildman–Crippen LogP) is -7.15. The molecule has 2 rings (SSSR count). The summed E-state index contributed by atoms with van der Waals surface area (Å²) in [5, 5.41) is 33.8. The molecule has 0 aliphatic carbocycles. The van der Waals surface area contributed by atoms with Crippen LogP contribution in [0.2, 0.25) is 0 Å². The molecule has 46 heavy (non-hydrogen) atoms. The third kappa shape index (κ3) is 16.8. The Morgan fingerprint density at radius 1 is 0.500 bits per heavy atom. The first-order chi connectivity index (χ1) is 21.4. The molecule has 0 spiro atoms. The fraction of sp³-hybridized carbons (Fsp3) is 0.346. The fourth-order valence-electron chi connectivity index (χ4n) is 3.70. The van der Waals surface area contributed by atoms with Gasteiger partial charge in [-0.3, -0.25) is 65.5 Å². The molecule has 0 fully saturated rings. The zero-order chi connectivity index (χ0) is 33.2. The Kier molecular flexibility index (Phi) is 18.6. The average Bonchev–Trinajstić information content (AvgIpc) is 2.99. The molecular weight excluding hydrogens is 756 g/mol. The molecule has 1 radical (unpaired) electrons. The molecule has 0 aromatic carbocycles. The Morgan fingerprint density at radius 2 is 0.804 bits per heavy atom. The predicted molar refractivity (Wildman–Crippen MR) is 144 cm³/mol. The number of carboxylic acids is 3. The van der Waals surface area contributed by atoms with Crippen LogP contribution in [0.5, 0.6) is 0 Å². The smallest absolute Gasteiger partial charge is 0.549 e. The number of carboxylic acid groups (broad SMARTS) is 3. The molecule has 0 saturated heterocycles. The molecule has 2 aromatic heterocycles. The molecular formula is C26H30GdN9O10. The summed E-state index contributed by atoms with van der Waals surface area (Å²) in [6, 6.07) is 5.60. The van der Waals surface area contributed by atoms with Gasteiger partial charge in [0.15, 0.2) is 0 Å². The van der Waals surface area contributed by atoms with Gasteiger partial charge in [0, 0.05) is 81.7 Å². The minimum absolute atomic E-state index is 0. The summed E-state index contributed by atoms with van der Waals surface area (Å²) in [6.07, 6.45) is 5.48. The summed E-state index contributed by atoms with van der Waals surface area (Å²) in [7, 11) is 0. The Morgan fingerprint density at radius 3 is 1.13 bits per heavy atom. The molecule has 247 valence electrons. The second-order valence-corrected chi connectivity index (χ2v) is 9.29. The molecule has 0 saturated carbocycles. The number of carbonyl (C=O) groups excluding carboxylic acids is 7. The quantitative estimate of drug-likeness (QED) is 0.102. The number of hydrogen-bond acceptors (Lipinski definition) is 15. The Hall–Kier alpha value is -4.21. The van der Waals surface area contributed by atoms with Crippen LogP contribution in [0.25, 0.3) is 0 Å². The number of hydrogen-bond donors (Lipinski definition) is 4. The van der Waals surface area contributed by atoms with Gasteiger partial charge in [-0.25, -0.2) is 0 Å². The van der Waals surface area contributed by atoms with Gasteiger partial charge in [0.05, 0.1) is 31.0 Å². The van der Waals surface area contributed by atoms with E-state index in [-0.39, 0.29) is 77.2 Å². The van der Waals surface area contributed by atoms with Crippen LogP contribution in [-0.4, -0.2) is 125 Å². The van der Waals surface area contributed by atoms with Crippen LogP contribution in [0, 0.1) is 39.9 Å². The van der Waals surface area contributed by atoms with Crippen molar-refractivity contribution in [3.63, 3.8) is 0 Å². The van der Waals surface area contributed by atoms with Gasteiger partial charge in [0.2, 0.25) is 0 Å². The first-order valence-electron chi connectivity index (χ1n) is 13.2. The second kappa shape index (κ2) is 21.5. The number of amides is 4. The largest absolute Gasteiger partial charge is 3.00 e. The Bertz CT molecular complexity index is 1240. The molecule has 4 N–H and O–H groups in total. The maximum absolute atomic E-state index is 12.3. The normalized spacial score (nSPS) is 10.5. The van der Waals surface area contributed by atoms with E-state index in [0.29, 0.717) is 0 Å². The molecule has 4 amide bonds. The molecule has 2 heterocycles. The number of aromatic nitrogens is 2. The van der Waals surface area contributed by atoms with E-state index >= 15 is 0 Å². The monoisotopic (exact) mass is 786 g/mol. The van der Waals surface area contributed by atoms with Crippen molar-refractivity contribution < 1.29 is 88.8 Å². The summed E-state index contributed by atoms with van der Waals surface area (Å²) in [5.74, 6) is -7.43. The van der Waals surface area contributed by atoms with Crippen LogP contribution in [0.15, 0.2) is 49.1 Å². The van der Waals surface area contributed by atoms with Gasteiger partial charge in [-0.2, -0.15) is 0 Å². The van der Waals surface area contributed by atoms with Crippen LogP contribution in [0.4, 0.5) is 0 Å². The van der Waals surface area contributed by atoms with Gasteiger partial charge in [-0.1, -0.05) is 0 Å². The first kappa shape index (κ1) is 39.8. The molecule has 0 atom stereocenters. The number of hydrazine groups is 2. The molecule has 19 nitrogen and oxygen atoms in total. The number of carbonyl (C=O) groups is 7. The van der Waals surface area contributed by atoms with E-state index < -0.39 is 74.3 Å². The van der Waals surface area contributed by atoms with Crippen molar-refractivity contribution in [1.82, 2.24) is 46.4 Å². The SMILES string of the molecule is O=C([O-])CN(CCN(CC(=O)[O-])CC(=O)NNC(=O)c1ccncc1)CCN(CC(=O)[O-])CC(=O)NNC(=O)c1ccncc1.[Gd+3]. The van der Waals surface area contributed by atoms with Gasteiger partial charge in [0.1, 0.15) is 0 Å². The first-order valence-corrected chi connectivity index (χ1v) is 13.2. The van der Waals surface area contributed by atoms with Crippen molar-refractivity contribution in [2.45, 2.75) is 0 Å². The van der Waals surface area contributed by atoms with Crippen molar-refractivity contribution in [3.05, 3.63) is 60.2 Å². The van der Waals surface area contributed by atoms with E-state index in [1.165, 1.54) is 54.0 Å². The zero-order valence-corrected chi connectivity index (χ0v) is 26.4. The average molecular weight is 786 g/mol. The number of nitrogens with zero attached hydrogens (tertiary/aromatic N) is 5. The number of aliphatic carboxylic acids is 3. The summed E-state index contributed by atoms with van der Waals surface area (Å²) in [4.78, 5) is 93.7. The van der Waals surface area contributed by atoms with Crippen molar-refractivity contribution in [2.75, 3.05) is 58.9 Å². The molecule has 2 aromatic rings. The van der Waals surface area contributed by atoms with Crippen LogP contribution in [0.3, 0.4) is 0 Å². The van der Waals surface area contributed by atoms with E-state index in [1.807, 2.05) is 0 Å². The topological polar surface area (TPSA) is 272 Å². The summed E-state index contributed by atoms with van der Waals surface area (Å²) in [5.41, 5.74) is 9.02. The van der Waals surface area contributed by atoms with E-state index in [4.69, 9.17) is 0 Å². The number of rotatable bonds is 18. The molecule has 0 bridgehead atoms. The summed E-state index contributed by atoms with van der Waals surface area (Å²) >= 11 is 0. The second-order valence-electron chi connectivity index (χ2n) is 9.29. The van der Waals surface area contributed by atoms with E-state index in [1.54, 1.807) is 0 Å². The van der Waals surface area contributed by atoms with E-state index in [0.717, 1.165) is 9.80 Å². The molecule has 20 heteroatoms. The number of nitrogens with one attached hydrogen (secondary N) is 4.